The Hall–Kier alpha value is -2.93. The first-order valence-corrected chi connectivity index (χ1v) is 8.63. The molecule has 0 aliphatic carbocycles. The van der Waals surface area contributed by atoms with E-state index in [1.165, 1.54) is 0 Å². The van der Waals surface area contributed by atoms with Crippen molar-refractivity contribution in [2.24, 2.45) is 0 Å². The van der Waals surface area contributed by atoms with Gasteiger partial charge in [0.15, 0.2) is 0 Å². The van der Waals surface area contributed by atoms with Gasteiger partial charge in [0, 0.05) is 12.7 Å². The molecule has 25 heavy (non-hydrogen) atoms. The molecule has 0 aliphatic heterocycles. The standard InChI is InChI=1S/C18H18N4O2S/c1-2-24-13-7-5-6-12(10-13)11-21-18(23)17-15(19)16(22-25-17)14-8-3-4-9-20-14/h3-10H,2,11,19H2,1H3,(H,21,23). The molecule has 6 nitrogen and oxygen atoms in total. The van der Waals surface area contributed by atoms with Crippen LogP contribution >= 0.6 is 11.5 Å². The molecule has 0 bridgehead atoms. The SMILES string of the molecule is CCOc1cccc(CNC(=O)c2snc(-c3ccccn3)c2N)c1. The first kappa shape index (κ1) is 16.9. The summed E-state index contributed by atoms with van der Waals surface area (Å²) in [6, 6.07) is 13.1. The van der Waals surface area contributed by atoms with Crippen molar-refractivity contribution in [2.45, 2.75) is 13.5 Å². The van der Waals surface area contributed by atoms with Crippen molar-refractivity contribution < 1.29 is 9.53 Å². The summed E-state index contributed by atoms with van der Waals surface area (Å²) in [5, 5.41) is 2.87. The highest BCUT2D eigenvalue weighted by molar-refractivity contribution is 7.09. The van der Waals surface area contributed by atoms with Gasteiger partial charge in [-0.1, -0.05) is 18.2 Å². The second-order valence-corrected chi connectivity index (χ2v) is 6.03. The Morgan fingerprint density at radius 2 is 2.16 bits per heavy atom. The van der Waals surface area contributed by atoms with Gasteiger partial charge in [0.25, 0.3) is 5.91 Å². The maximum atomic E-state index is 12.4. The number of carbonyl (C=O) groups excluding carboxylic acids is 1. The molecule has 3 N–H and O–H groups in total. The first-order valence-electron chi connectivity index (χ1n) is 7.85. The van der Waals surface area contributed by atoms with Crippen molar-refractivity contribution in [3.63, 3.8) is 0 Å². The van der Waals surface area contributed by atoms with Crippen LogP contribution in [0.3, 0.4) is 0 Å². The first-order chi connectivity index (χ1) is 12.2. The van der Waals surface area contributed by atoms with Crippen LogP contribution in [0.4, 0.5) is 5.69 Å². The van der Waals surface area contributed by atoms with Crippen LogP contribution in [-0.4, -0.2) is 21.9 Å². The summed E-state index contributed by atoms with van der Waals surface area (Å²) in [6.07, 6.45) is 1.67. The largest absolute Gasteiger partial charge is 0.494 e. The highest BCUT2D eigenvalue weighted by atomic mass is 32.1. The molecule has 1 amide bonds. The van der Waals surface area contributed by atoms with Crippen molar-refractivity contribution in [1.29, 1.82) is 0 Å². The number of benzene rings is 1. The zero-order valence-electron chi connectivity index (χ0n) is 13.7. The lowest BCUT2D eigenvalue weighted by atomic mass is 10.2. The molecule has 3 rings (SSSR count). The van der Waals surface area contributed by atoms with Gasteiger partial charge >= 0.3 is 0 Å². The minimum Gasteiger partial charge on any atom is -0.494 e. The summed E-state index contributed by atoms with van der Waals surface area (Å²) < 4.78 is 9.74. The molecule has 7 heteroatoms. The molecular formula is C18H18N4O2S. The van der Waals surface area contributed by atoms with E-state index in [0.29, 0.717) is 35.1 Å². The van der Waals surface area contributed by atoms with Gasteiger partial charge in [-0.15, -0.1) is 0 Å². The maximum absolute atomic E-state index is 12.4. The van der Waals surface area contributed by atoms with Gasteiger partial charge in [0.2, 0.25) is 0 Å². The number of carbonyl (C=O) groups is 1. The molecule has 0 saturated heterocycles. The van der Waals surface area contributed by atoms with Crippen LogP contribution in [0.5, 0.6) is 5.75 Å². The van der Waals surface area contributed by atoms with Crippen LogP contribution in [0.25, 0.3) is 11.4 Å². The molecule has 0 radical (unpaired) electrons. The Morgan fingerprint density at radius 1 is 1.28 bits per heavy atom. The van der Waals surface area contributed by atoms with E-state index in [-0.39, 0.29) is 5.91 Å². The van der Waals surface area contributed by atoms with Gasteiger partial charge in [0.05, 0.1) is 18.0 Å². The number of ether oxygens (including phenoxy) is 1. The third kappa shape index (κ3) is 3.95. The predicted octanol–water partition coefficient (Wildman–Crippen LogP) is 3.12. The van der Waals surface area contributed by atoms with E-state index in [9.17, 15) is 4.79 Å². The van der Waals surface area contributed by atoms with Crippen molar-refractivity contribution in [3.8, 4) is 17.1 Å². The minimum atomic E-state index is -0.251. The molecule has 1 aromatic carbocycles. The summed E-state index contributed by atoms with van der Waals surface area (Å²) in [4.78, 5) is 17.0. The summed E-state index contributed by atoms with van der Waals surface area (Å²) in [6.45, 7) is 2.92. The van der Waals surface area contributed by atoms with Crippen LogP contribution in [0, 0.1) is 0 Å². The van der Waals surface area contributed by atoms with Gasteiger partial charge in [-0.05, 0) is 48.3 Å². The number of nitrogens with one attached hydrogen (secondary N) is 1. The number of pyridine rings is 1. The van der Waals surface area contributed by atoms with Gasteiger partial charge < -0.3 is 15.8 Å². The quantitative estimate of drug-likeness (QED) is 0.710. The summed E-state index contributed by atoms with van der Waals surface area (Å²) in [5.41, 5.74) is 8.59. The number of hydrogen-bond donors (Lipinski definition) is 2. The van der Waals surface area contributed by atoms with Crippen LogP contribution in [0.2, 0.25) is 0 Å². The van der Waals surface area contributed by atoms with Gasteiger partial charge in [0.1, 0.15) is 16.3 Å². The fourth-order valence-electron chi connectivity index (χ4n) is 2.32. The van der Waals surface area contributed by atoms with E-state index >= 15 is 0 Å². The Bertz CT molecular complexity index is 865. The Balaban J connectivity index is 1.70. The summed E-state index contributed by atoms with van der Waals surface area (Å²) in [7, 11) is 0. The smallest absolute Gasteiger partial charge is 0.265 e. The van der Waals surface area contributed by atoms with Crippen LogP contribution in [-0.2, 0) is 6.54 Å². The van der Waals surface area contributed by atoms with Gasteiger partial charge in [-0.2, -0.15) is 4.37 Å². The maximum Gasteiger partial charge on any atom is 0.265 e. The topological polar surface area (TPSA) is 90.1 Å². The van der Waals surface area contributed by atoms with E-state index in [1.807, 2.05) is 49.4 Å². The lowest BCUT2D eigenvalue weighted by Crippen LogP contribution is -2.22. The molecule has 0 spiro atoms. The number of nitrogens with two attached hydrogens (primary N) is 1. The molecule has 2 heterocycles. The monoisotopic (exact) mass is 354 g/mol. The van der Waals surface area contributed by atoms with Crippen LogP contribution in [0.1, 0.15) is 22.2 Å². The zero-order valence-corrected chi connectivity index (χ0v) is 14.5. The molecule has 2 aromatic heterocycles. The van der Waals surface area contributed by atoms with E-state index in [0.717, 1.165) is 22.8 Å². The molecule has 0 aliphatic rings. The number of aromatic nitrogens is 2. The van der Waals surface area contributed by atoms with E-state index < -0.39 is 0 Å². The molecule has 0 atom stereocenters. The fraction of sp³-hybridized carbons (Fsp3) is 0.167. The van der Waals surface area contributed by atoms with Crippen LogP contribution in [0.15, 0.2) is 48.7 Å². The number of nitrogens with zero attached hydrogens (tertiary/aromatic N) is 2. The number of amides is 1. The average molecular weight is 354 g/mol. The number of rotatable bonds is 6. The zero-order chi connectivity index (χ0) is 17.6. The van der Waals surface area contributed by atoms with Crippen molar-refractivity contribution >= 4 is 23.1 Å². The molecule has 0 fully saturated rings. The second kappa shape index (κ2) is 7.76. The molecule has 3 aromatic rings. The van der Waals surface area contributed by atoms with E-state index in [4.69, 9.17) is 10.5 Å². The average Bonchev–Trinajstić information content (AvgIpc) is 3.03. The normalized spacial score (nSPS) is 10.4. The lowest BCUT2D eigenvalue weighted by Gasteiger charge is -2.07. The highest BCUT2D eigenvalue weighted by Crippen LogP contribution is 2.29. The van der Waals surface area contributed by atoms with Gasteiger partial charge in [-0.25, -0.2) is 0 Å². The van der Waals surface area contributed by atoms with Crippen molar-refractivity contribution in [2.75, 3.05) is 12.3 Å². The second-order valence-electron chi connectivity index (χ2n) is 5.25. The molecule has 0 saturated carbocycles. The summed E-state index contributed by atoms with van der Waals surface area (Å²) in [5.74, 6) is 0.531. The molecular weight excluding hydrogens is 336 g/mol. The van der Waals surface area contributed by atoms with Crippen LogP contribution < -0.4 is 15.8 Å². The lowest BCUT2D eigenvalue weighted by molar-refractivity contribution is 0.0955. The Labute approximate surface area is 149 Å². The molecule has 128 valence electrons. The summed E-state index contributed by atoms with van der Waals surface area (Å²) >= 11 is 1.07. The number of nitrogen functional groups attached to an aromatic ring is 1. The fourth-order valence-corrected chi connectivity index (χ4v) is 3.05. The number of hydrogen-bond acceptors (Lipinski definition) is 6. The van der Waals surface area contributed by atoms with Gasteiger partial charge in [-0.3, -0.25) is 9.78 Å². The number of anilines is 1. The minimum absolute atomic E-state index is 0.251. The van der Waals surface area contributed by atoms with Crippen molar-refractivity contribution in [1.82, 2.24) is 14.7 Å². The van der Waals surface area contributed by atoms with Crippen molar-refractivity contribution in [3.05, 3.63) is 59.1 Å². The van der Waals surface area contributed by atoms with E-state index in [1.54, 1.807) is 6.20 Å². The van der Waals surface area contributed by atoms with E-state index in [2.05, 4.69) is 14.7 Å². The third-order valence-electron chi connectivity index (χ3n) is 3.50. The molecule has 0 unspecified atom stereocenters. The Kier molecular flexibility index (Phi) is 5.25. The predicted molar refractivity (Wildman–Crippen MR) is 98.5 cm³/mol. The third-order valence-corrected chi connectivity index (χ3v) is 4.37. The Morgan fingerprint density at radius 3 is 2.92 bits per heavy atom. The highest BCUT2D eigenvalue weighted by Gasteiger charge is 2.19.